The van der Waals surface area contributed by atoms with E-state index in [4.69, 9.17) is 80.4 Å². The predicted octanol–water partition coefficient (Wildman–Crippen LogP) is 11.2. The van der Waals surface area contributed by atoms with Gasteiger partial charge in [0.15, 0.2) is 16.9 Å². The summed E-state index contributed by atoms with van der Waals surface area (Å²) in [6.45, 7) is 1.44. The van der Waals surface area contributed by atoms with Crippen molar-refractivity contribution in [2.24, 2.45) is 5.73 Å². The van der Waals surface area contributed by atoms with Crippen LogP contribution in [0.25, 0.3) is 50.0 Å². The fraction of sp³-hybridized carbons (Fsp3) is 0.263. The Morgan fingerprint density at radius 1 is 0.482 bits per heavy atom. The summed E-state index contributed by atoms with van der Waals surface area (Å²) in [5, 5.41) is 42.7. The van der Waals surface area contributed by atoms with E-state index in [1.165, 1.54) is 0 Å². The van der Waals surface area contributed by atoms with Crippen molar-refractivity contribution >= 4 is 137 Å². The highest BCUT2D eigenvalue weighted by molar-refractivity contribution is 6.43. The van der Waals surface area contributed by atoms with Crippen molar-refractivity contribution in [1.82, 2.24) is 84.3 Å². The van der Waals surface area contributed by atoms with E-state index < -0.39 is 5.97 Å². The number of nitrogens with zero attached hydrogens (tertiary/aromatic N) is 12. The van der Waals surface area contributed by atoms with Gasteiger partial charge < -0.3 is 36.4 Å². The van der Waals surface area contributed by atoms with E-state index in [0.717, 1.165) is 113 Å². The maximum atomic E-state index is 12.6. The molecular weight excluding hydrogens is 1210 g/mol. The Kier molecular flexibility index (Phi) is 16.6. The van der Waals surface area contributed by atoms with E-state index in [0.29, 0.717) is 108 Å². The number of carboxylic acids is 1. The lowest BCUT2D eigenvalue weighted by atomic mass is 10.2. The maximum absolute atomic E-state index is 12.6. The standard InChI is InChI=1S/2C19H16Cl2N6O.C10H9N3O2.C9H9Cl2N3/c2*20-12-8-14-15(9-13(12)21)24-16(23-14)5-6-22-19(28)11-2-1-7-27-17(10-3-4-10)25-26-18(11)27;14-10(15)7-2-1-5-13-8(6-3-4-6)11-12-9(7)13;10-5-3-7-8(4-6(5)11)14-9(13-7)1-2-12/h2*1-2,7-10H,3-6H2,(H,22,28)(H,23,24);1-2,5-6H,3-4H2,(H,14,15);3-4H,1-2,12H2,(H,13,14). The van der Waals surface area contributed by atoms with Crippen LogP contribution in [-0.4, -0.2) is 116 Å². The molecule has 9 heterocycles. The lowest BCUT2D eigenvalue weighted by molar-refractivity contribution is 0.0697. The molecule has 0 unspecified atom stereocenters. The first-order valence-electron chi connectivity index (χ1n) is 27.2. The number of fused-ring (bicyclic) bond motifs is 6. The average molecular weight is 1260 g/mol. The Labute approximate surface area is 512 Å². The predicted molar refractivity (Wildman–Crippen MR) is 325 cm³/mol. The molecule has 0 spiro atoms. The molecule has 2 amide bonds. The van der Waals surface area contributed by atoms with E-state index in [1.807, 2.05) is 39.5 Å². The van der Waals surface area contributed by atoms with Gasteiger partial charge in [0.05, 0.1) is 74.4 Å². The molecule has 9 aromatic heterocycles. The number of H-pyrrole nitrogens is 3. The highest BCUT2D eigenvalue weighted by Gasteiger charge is 2.32. The molecule has 0 atom stereocenters. The Bertz CT molecular complexity index is 4210. The molecule has 0 radical (unpaired) electrons. The fourth-order valence-corrected chi connectivity index (χ4v) is 10.6. The third-order valence-corrected chi connectivity index (χ3v) is 16.5. The number of benzene rings is 3. The second-order valence-electron chi connectivity index (χ2n) is 20.6. The van der Waals surface area contributed by atoms with Gasteiger partial charge in [-0.3, -0.25) is 22.8 Å². The Morgan fingerprint density at radius 3 is 1.13 bits per heavy atom. The molecule has 8 N–H and O–H groups in total. The molecule has 15 rings (SSSR count). The summed E-state index contributed by atoms with van der Waals surface area (Å²) < 4.78 is 5.61. The summed E-state index contributed by atoms with van der Waals surface area (Å²) in [7, 11) is 0. The number of aromatic carboxylic acids is 1. The number of nitrogens with two attached hydrogens (primary N) is 1. The van der Waals surface area contributed by atoms with Crippen LogP contribution < -0.4 is 16.4 Å². The van der Waals surface area contributed by atoms with Gasteiger partial charge in [-0.2, -0.15) is 0 Å². The molecule has 434 valence electrons. The van der Waals surface area contributed by atoms with Gasteiger partial charge >= 0.3 is 5.97 Å². The molecule has 12 aromatic rings. The molecule has 0 aliphatic heterocycles. The van der Waals surface area contributed by atoms with Crippen LogP contribution >= 0.6 is 69.6 Å². The summed E-state index contributed by atoms with van der Waals surface area (Å²) in [5.74, 6) is 5.19. The normalized spacial score (nSPS) is 13.9. The van der Waals surface area contributed by atoms with E-state index in [9.17, 15) is 14.4 Å². The van der Waals surface area contributed by atoms with Gasteiger partial charge in [-0.05, 0) is 118 Å². The number of amides is 2. The van der Waals surface area contributed by atoms with Crippen LogP contribution in [0.2, 0.25) is 30.1 Å². The number of carbonyl (C=O) groups is 3. The molecule has 3 aliphatic carbocycles. The number of aromatic amines is 3. The Morgan fingerprint density at radius 2 is 0.800 bits per heavy atom. The van der Waals surface area contributed by atoms with Gasteiger partial charge in [0.2, 0.25) is 0 Å². The zero-order chi connectivity index (χ0) is 59.0. The Balaban J connectivity index is 0.000000116. The van der Waals surface area contributed by atoms with Crippen molar-refractivity contribution in [3.05, 3.63) is 173 Å². The smallest absolute Gasteiger partial charge is 0.339 e. The summed E-state index contributed by atoms with van der Waals surface area (Å²) in [6.07, 6.45) is 14.2. The number of carboxylic acid groups (broad SMARTS) is 1. The number of rotatable bonds is 14. The number of nitrogens with one attached hydrogen (secondary N) is 5. The molecule has 3 saturated carbocycles. The molecule has 28 heteroatoms. The molecule has 3 aliphatic rings. The van der Waals surface area contributed by atoms with E-state index in [-0.39, 0.29) is 17.4 Å². The van der Waals surface area contributed by atoms with Gasteiger partial charge in [0, 0.05) is 68.7 Å². The quantitative estimate of drug-likeness (QED) is 0.0533. The van der Waals surface area contributed by atoms with Gasteiger partial charge in [0.25, 0.3) is 11.8 Å². The molecule has 0 bridgehead atoms. The highest BCUT2D eigenvalue weighted by Crippen LogP contribution is 2.41. The number of imidazole rings is 3. The second-order valence-corrected chi connectivity index (χ2v) is 23.0. The van der Waals surface area contributed by atoms with E-state index in [2.05, 4.69) is 71.1 Å². The minimum atomic E-state index is -0.963. The largest absolute Gasteiger partial charge is 0.478 e. The highest BCUT2D eigenvalue weighted by atomic mass is 35.5. The first-order valence-corrected chi connectivity index (χ1v) is 29.5. The van der Waals surface area contributed by atoms with Crippen LogP contribution in [0.15, 0.2) is 91.4 Å². The minimum Gasteiger partial charge on any atom is -0.478 e. The summed E-state index contributed by atoms with van der Waals surface area (Å²) in [5.41, 5.74) is 13.1. The van der Waals surface area contributed by atoms with Crippen LogP contribution in [0.4, 0.5) is 0 Å². The van der Waals surface area contributed by atoms with Gasteiger partial charge in [-0.15, -0.1) is 30.6 Å². The van der Waals surface area contributed by atoms with E-state index in [1.54, 1.807) is 65.1 Å². The van der Waals surface area contributed by atoms with Crippen LogP contribution in [-0.2, 0) is 19.3 Å². The van der Waals surface area contributed by atoms with Gasteiger partial charge in [0.1, 0.15) is 40.5 Å². The topological polar surface area (TPSA) is 298 Å². The fourth-order valence-electron chi connectivity index (χ4n) is 9.63. The molecule has 22 nitrogen and oxygen atoms in total. The van der Waals surface area contributed by atoms with Crippen LogP contribution in [0.3, 0.4) is 0 Å². The van der Waals surface area contributed by atoms with Crippen molar-refractivity contribution in [2.45, 2.75) is 75.5 Å². The molecule has 0 saturated heterocycles. The van der Waals surface area contributed by atoms with Gasteiger partial charge in [-0.1, -0.05) is 69.6 Å². The third kappa shape index (κ3) is 12.7. The maximum Gasteiger partial charge on any atom is 0.339 e. The summed E-state index contributed by atoms with van der Waals surface area (Å²) in [4.78, 5) is 59.0. The first kappa shape index (κ1) is 57.5. The summed E-state index contributed by atoms with van der Waals surface area (Å²) >= 11 is 35.9. The SMILES string of the molecule is NCCc1nc2cc(Cl)c(Cl)cc2[nH]1.O=C(NCCc1nc2cc(Cl)c(Cl)cc2[nH]1)c1cccn2c(C3CC3)nnc12.O=C(NCCc1nc2cc(Cl)c(Cl)cc2[nH]1)c1cccn2c(C3CC3)nnc12.O=C(O)c1cccn2c(C3CC3)nnc12. The van der Waals surface area contributed by atoms with Crippen molar-refractivity contribution in [2.75, 3.05) is 19.6 Å². The number of pyridine rings is 3. The molecule has 3 aromatic carbocycles. The molecular formula is C57H50Cl6N18O4. The number of hydrogen-bond acceptors (Lipinski definition) is 13. The molecule has 85 heavy (non-hydrogen) atoms. The van der Waals surface area contributed by atoms with Crippen LogP contribution in [0.5, 0.6) is 0 Å². The zero-order valence-electron chi connectivity index (χ0n) is 44.8. The number of carbonyl (C=O) groups excluding carboxylic acids is 2. The Hall–Kier alpha value is -7.96. The van der Waals surface area contributed by atoms with Crippen molar-refractivity contribution in [3.8, 4) is 0 Å². The zero-order valence-corrected chi connectivity index (χ0v) is 49.3. The average Bonchev–Trinajstić information content (AvgIpc) is 3.77. The lowest BCUT2D eigenvalue weighted by Crippen LogP contribution is -2.26. The van der Waals surface area contributed by atoms with Gasteiger partial charge in [-0.25, -0.2) is 19.7 Å². The number of hydrogen-bond donors (Lipinski definition) is 7. The number of aromatic nitrogens is 15. The lowest BCUT2D eigenvalue weighted by Gasteiger charge is -2.05. The first-order chi connectivity index (χ1) is 41.2. The van der Waals surface area contributed by atoms with Crippen LogP contribution in [0.1, 0.15) is 122 Å². The van der Waals surface area contributed by atoms with Crippen molar-refractivity contribution < 1.29 is 19.5 Å². The minimum absolute atomic E-state index is 0.178. The third-order valence-electron chi connectivity index (χ3n) is 14.3. The summed E-state index contributed by atoms with van der Waals surface area (Å²) in [6, 6.07) is 20.9. The van der Waals surface area contributed by atoms with Crippen molar-refractivity contribution in [3.63, 3.8) is 0 Å². The monoisotopic (exact) mass is 1260 g/mol. The van der Waals surface area contributed by atoms with E-state index >= 15 is 0 Å². The van der Waals surface area contributed by atoms with Crippen molar-refractivity contribution in [1.29, 1.82) is 0 Å². The second kappa shape index (κ2) is 24.6. The van der Waals surface area contributed by atoms with Crippen LogP contribution in [0, 0.1) is 0 Å². The molecule has 3 fully saturated rings. The number of halogens is 6.